The maximum atomic E-state index is 12.8. The molecule has 2 aromatic rings. The van der Waals surface area contributed by atoms with Crippen LogP contribution in [0, 0.1) is 0 Å². The van der Waals surface area contributed by atoms with Gasteiger partial charge in [0, 0.05) is 16.5 Å². The molecule has 21 heavy (non-hydrogen) atoms. The number of ether oxygens (including phenoxy) is 1. The van der Waals surface area contributed by atoms with Crippen molar-refractivity contribution in [3.63, 3.8) is 0 Å². The zero-order chi connectivity index (χ0) is 14.8. The van der Waals surface area contributed by atoms with Gasteiger partial charge in [-0.25, -0.2) is 0 Å². The molecule has 0 heterocycles. The van der Waals surface area contributed by atoms with Crippen LogP contribution in [0.25, 0.3) is 0 Å². The zero-order valence-electron chi connectivity index (χ0n) is 11.9. The summed E-state index contributed by atoms with van der Waals surface area (Å²) in [6.45, 7) is 0. The van der Waals surface area contributed by atoms with E-state index in [1.54, 1.807) is 7.11 Å². The Kier molecular flexibility index (Phi) is 3.98. The van der Waals surface area contributed by atoms with E-state index in [1.807, 2.05) is 42.5 Å². The topological polar surface area (TPSA) is 26.3 Å². The summed E-state index contributed by atoms with van der Waals surface area (Å²) in [5, 5.41) is 0.699. The van der Waals surface area contributed by atoms with Crippen LogP contribution in [-0.4, -0.2) is 12.9 Å². The molecule has 0 fully saturated rings. The molecule has 108 valence electrons. The Balaban J connectivity index is 1.98. The summed E-state index contributed by atoms with van der Waals surface area (Å²) >= 11 is 5.93. The number of hydrogen-bond acceptors (Lipinski definition) is 2. The van der Waals surface area contributed by atoms with Crippen molar-refractivity contribution in [3.05, 3.63) is 64.2 Å². The van der Waals surface area contributed by atoms with Gasteiger partial charge in [-0.2, -0.15) is 0 Å². The molecule has 0 aromatic heterocycles. The molecule has 2 aromatic carbocycles. The van der Waals surface area contributed by atoms with Gasteiger partial charge in [-0.3, -0.25) is 4.79 Å². The van der Waals surface area contributed by atoms with Crippen LogP contribution >= 0.6 is 11.6 Å². The molecule has 0 amide bonds. The van der Waals surface area contributed by atoms with Crippen LogP contribution in [0.1, 0.15) is 40.2 Å². The van der Waals surface area contributed by atoms with Crippen LogP contribution in [0.3, 0.4) is 0 Å². The number of rotatable bonds is 2. The highest BCUT2D eigenvalue weighted by molar-refractivity contribution is 6.30. The number of Topliss-reactive ketones (excluding diaryl/α,β-unsaturated/α-hetero) is 1. The van der Waals surface area contributed by atoms with Gasteiger partial charge in [0.25, 0.3) is 0 Å². The van der Waals surface area contributed by atoms with Crippen LogP contribution in [0.4, 0.5) is 0 Å². The van der Waals surface area contributed by atoms with Crippen molar-refractivity contribution in [1.82, 2.24) is 0 Å². The lowest BCUT2D eigenvalue weighted by atomic mass is 9.88. The van der Waals surface area contributed by atoms with Gasteiger partial charge in [-0.1, -0.05) is 23.7 Å². The van der Waals surface area contributed by atoms with Gasteiger partial charge < -0.3 is 4.74 Å². The first-order chi connectivity index (χ1) is 10.2. The predicted octanol–water partition coefficient (Wildman–Crippen LogP) is 4.65. The number of ketones is 1. The lowest BCUT2D eigenvalue weighted by Gasteiger charge is -2.14. The molecule has 3 rings (SSSR count). The third-order valence-electron chi connectivity index (χ3n) is 4.11. The van der Waals surface area contributed by atoms with Crippen molar-refractivity contribution in [1.29, 1.82) is 0 Å². The van der Waals surface area contributed by atoms with Crippen molar-refractivity contribution in [2.24, 2.45) is 0 Å². The Morgan fingerprint density at radius 2 is 1.90 bits per heavy atom. The van der Waals surface area contributed by atoms with Gasteiger partial charge in [0.1, 0.15) is 5.75 Å². The molecule has 0 saturated carbocycles. The molecule has 1 aliphatic carbocycles. The van der Waals surface area contributed by atoms with Crippen LogP contribution in [-0.2, 0) is 6.42 Å². The summed E-state index contributed by atoms with van der Waals surface area (Å²) in [5.41, 5.74) is 2.97. The second-order valence-electron chi connectivity index (χ2n) is 5.38. The van der Waals surface area contributed by atoms with Gasteiger partial charge in [0.15, 0.2) is 5.78 Å². The number of hydrogen-bond donors (Lipinski definition) is 0. The first kappa shape index (κ1) is 14.2. The van der Waals surface area contributed by atoms with Crippen LogP contribution in [0.5, 0.6) is 5.75 Å². The summed E-state index contributed by atoms with van der Waals surface area (Å²) < 4.78 is 5.26. The Hall–Kier alpha value is -1.80. The molecule has 0 bridgehead atoms. The van der Waals surface area contributed by atoms with Crippen molar-refractivity contribution < 1.29 is 9.53 Å². The molecular formula is C18H17ClO2. The van der Waals surface area contributed by atoms with Crippen molar-refractivity contribution >= 4 is 17.4 Å². The second kappa shape index (κ2) is 5.90. The maximum absolute atomic E-state index is 12.8. The maximum Gasteiger partial charge on any atom is 0.170 e. The normalized spacial score (nSPS) is 18.0. The SMILES string of the molecule is COc1ccc2c(c1)CCCC(c1ccc(Cl)cc1)C2=O. The molecule has 1 unspecified atom stereocenters. The Labute approximate surface area is 129 Å². The first-order valence-electron chi connectivity index (χ1n) is 7.15. The van der Waals surface area contributed by atoms with E-state index in [1.165, 1.54) is 0 Å². The largest absolute Gasteiger partial charge is 0.497 e. The standard InChI is InChI=1S/C18H17ClO2/c1-21-15-9-10-17-13(11-15)3-2-4-16(18(17)20)12-5-7-14(19)8-6-12/h5-11,16H,2-4H2,1H3. The van der Waals surface area contributed by atoms with E-state index in [4.69, 9.17) is 16.3 Å². The number of methoxy groups -OCH3 is 1. The average Bonchev–Trinajstić information content (AvgIpc) is 2.67. The molecule has 3 heteroatoms. The van der Waals surface area contributed by atoms with Crippen LogP contribution < -0.4 is 4.74 Å². The van der Waals surface area contributed by atoms with Gasteiger partial charge in [0.05, 0.1) is 7.11 Å². The molecule has 0 spiro atoms. The van der Waals surface area contributed by atoms with Gasteiger partial charge in [0.2, 0.25) is 0 Å². The number of carbonyl (C=O) groups excluding carboxylic acids is 1. The number of halogens is 1. The smallest absolute Gasteiger partial charge is 0.170 e. The fourth-order valence-corrected chi connectivity index (χ4v) is 3.10. The predicted molar refractivity (Wildman–Crippen MR) is 84.5 cm³/mol. The minimum Gasteiger partial charge on any atom is -0.497 e. The third kappa shape index (κ3) is 2.81. The van der Waals surface area contributed by atoms with Crippen molar-refractivity contribution in [2.45, 2.75) is 25.2 Å². The molecular weight excluding hydrogens is 284 g/mol. The highest BCUT2D eigenvalue weighted by Crippen LogP contribution is 2.33. The first-order valence-corrected chi connectivity index (χ1v) is 7.53. The van der Waals surface area contributed by atoms with E-state index in [9.17, 15) is 4.79 Å². The fraction of sp³-hybridized carbons (Fsp3) is 0.278. The van der Waals surface area contributed by atoms with E-state index in [0.29, 0.717) is 5.02 Å². The molecule has 0 saturated heterocycles. The second-order valence-corrected chi connectivity index (χ2v) is 5.82. The van der Waals surface area contributed by atoms with Gasteiger partial charge in [-0.05, 0) is 60.7 Å². The van der Waals surface area contributed by atoms with E-state index >= 15 is 0 Å². The summed E-state index contributed by atoms with van der Waals surface area (Å²) in [5.74, 6) is 0.941. The average molecular weight is 301 g/mol. The van der Waals surface area contributed by atoms with E-state index in [-0.39, 0.29) is 11.7 Å². The Morgan fingerprint density at radius 1 is 1.14 bits per heavy atom. The van der Waals surface area contributed by atoms with Crippen molar-refractivity contribution in [2.75, 3.05) is 7.11 Å². The number of aryl methyl sites for hydroxylation is 1. The number of fused-ring (bicyclic) bond motifs is 1. The highest BCUT2D eigenvalue weighted by Gasteiger charge is 2.26. The van der Waals surface area contributed by atoms with Crippen molar-refractivity contribution in [3.8, 4) is 5.75 Å². The molecule has 0 radical (unpaired) electrons. The quantitative estimate of drug-likeness (QED) is 0.755. The van der Waals surface area contributed by atoms with Crippen LogP contribution in [0.2, 0.25) is 5.02 Å². The number of benzene rings is 2. The molecule has 1 atom stereocenters. The molecule has 0 N–H and O–H groups in total. The minimum absolute atomic E-state index is 0.0723. The fourth-order valence-electron chi connectivity index (χ4n) is 2.97. The van der Waals surface area contributed by atoms with E-state index < -0.39 is 0 Å². The van der Waals surface area contributed by atoms with E-state index in [0.717, 1.165) is 41.7 Å². The third-order valence-corrected chi connectivity index (χ3v) is 4.36. The Bertz CT molecular complexity index is 661. The minimum atomic E-state index is -0.0723. The summed E-state index contributed by atoms with van der Waals surface area (Å²) in [6, 6.07) is 13.4. The van der Waals surface area contributed by atoms with Crippen LogP contribution in [0.15, 0.2) is 42.5 Å². The van der Waals surface area contributed by atoms with E-state index in [2.05, 4.69) is 0 Å². The van der Waals surface area contributed by atoms with Gasteiger partial charge in [-0.15, -0.1) is 0 Å². The summed E-state index contributed by atoms with van der Waals surface area (Å²) in [4.78, 5) is 12.8. The number of carbonyl (C=O) groups is 1. The Morgan fingerprint density at radius 3 is 2.62 bits per heavy atom. The highest BCUT2D eigenvalue weighted by atomic mass is 35.5. The molecule has 1 aliphatic rings. The monoisotopic (exact) mass is 300 g/mol. The summed E-state index contributed by atoms with van der Waals surface area (Å²) in [7, 11) is 1.65. The lowest BCUT2D eigenvalue weighted by Crippen LogP contribution is -2.12. The molecule has 0 aliphatic heterocycles. The molecule has 2 nitrogen and oxygen atoms in total. The van der Waals surface area contributed by atoms with Gasteiger partial charge >= 0.3 is 0 Å². The summed E-state index contributed by atoms with van der Waals surface area (Å²) in [6.07, 6.45) is 2.79. The lowest BCUT2D eigenvalue weighted by molar-refractivity contribution is 0.0957. The zero-order valence-corrected chi connectivity index (χ0v) is 12.7.